The van der Waals surface area contributed by atoms with Crippen LogP contribution >= 0.6 is 0 Å². The fraction of sp³-hybridized carbons (Fsp3) is 0.710. The maximum absolute atomic E-state index is 14.5. The molecule has 0 unspecified atom stereocenters. The summed E-state index contributed by atoms with van der Waals surface area (Å²) in [5.74, 6) is -7.36. The van der Waals surface area contributed by atoms with Gasteiger partial charge in [-0.1, -0.05) is 87.3 Å². The number of nitrogens with one attached hydrogen (secondary N) is 1. The molecule has 0 radical (unpaired) electrons. The van der Waals surface area contributed by atoms with Gasteiger partial charge in [0.05, 0.1) is 67.5 Å². The molecule has 21 nitrogen and oxygen atoms in total. The van der Waals surface area contributed by atoms with E-state index in [0.717, 1.165) is 4.90 Å². The first kappa shape index (κ1) is 72.7. The van der Waals surface area contributed by atoms with E-state index >= 15 is 0 Å². The van der Waals surface area contributed by atoms with Crippen molar-refractivity contribution in [1.82, 2.24) is 24.9 Å². The van der Waals surface area contributed by atoms with Crippen molar-refractivity contribution >= 4 is 68.4 Å². The highest BCUT2D eigenvalue weighted by atomic mass is 32.2. The standard InChI is InChI=1S/C62H98N6O15S/c1-15-41(8)59(66(12)62(78)47(39(4)5)35-51(71)58(40(6)7)65(10)11)53(81-13)36-57(76)67-29-18-20-49(67)60(82-14)42(9)52(72)37-84(79,80)45-24-22-43(23-25-45)33-50(70)48(19-16-17-21-54(63)73)64-61(77)46(38(2)3)34-44(69)28-31-83-32-30-68-55(74)26-27-56(68)75/h22-27,38-42,46-49,53,58-60H,15-21,28-37H2,1-14H3,(H2,63,73)(H,64,77)/t41-,42-,46-,47-,48-,49-,53+,58-,59-,60+/m0/s1. The second-order valence-corrected chi connectivity index (χ2v) is 26.2. The van der Waals surface area contributed by atoms with Gasteiger partial charge in [0.15, 0.2) is 27.2 Å². The predicted octanol–water partition coefficient (Wildman–Crippen LogP) is 4.97. The minimum atomic E-state index is -4.23. The molecule has 0 spiro atoms. The molecule has 0 aromatic heterocycles. The first-order valence-electron chi connectivity index (χ1n) is 29.8. The minimum Gasteiger partial charge on any atom is -0.379 e. The molecular formula is C62H98N6O15S. The van der Waals surface area contributed by atoms with E-state index in [1.54, 1.807) is 37.6 Å². The van der Waals surface area contributed by atoms with Gasteiger partial charge in [0.25, 0.3) is 11.8 Å². The molecule has 1 fully saturated rings. The number of hydrogen-bond donors (Lipinski definition) is 2. The number of Topliss-reactive ketones (excluding diaryl/α,β-unsaturated/α-hetero) is 4. The third-order valence-electron chi connectivity index (χ3n) is 16.8. The molecule has 84 heavy (non-hydrogen) atoms. The lowest BCUT2D eigenvalue weighted by molar-refractivity contribution is -0.149. The Morgan fingerprint density at radius 2 is 1.38 bits per heavy atom. The van der Waals surface area contributed by atoms with Crippen LogP contribution in [0.1, 0.15) is 139 Å². The average molecular weight is 1200 g/mol. The van der Waals surface area contributed by atoms with Crippen LogP contribution in [0.4, 0.5) is 0 Å². The highest BCUT2D eigenvalue weighted by molar-refractivity contribution is 7.92. The molecule has 2 heterocycles. The minimum absolute atomic E-state index is 0.00751. The van der Waals surface area contributed by atoms with Gasteiger partial charge in [0.1, 0.15) is 11.5 Å². The van der Waals surface area contributed by atoms with Gasteiger partial charge in [0, 0.05) is 89.8 Å². The fourth-order valence-electron chi connectivity index (χ4n) is 11.7. The van der Waals surface area contributed by atoms with Crippen molar-refractivity contribution in [3.05, 3.63) is 42.0 Å². The van der Waals surface area contributed by atoms with Crippen molar-refractivity contribution in [2.24, 2.45) is 47.2 Å². The first-order valence-corrected chi connectivity index (χ1v) is 31.5. The zero-order valence-corrected chi connectivity index (χ0v) is 53.2. The summed E-state index contributed by atoms with van der Waals surface area (Å²) in [6.07, 6.45) is 3.13. The Morgan fingerprint density at radius 3 is 1.92 bits per heavy atom. The van der Waals surface area contributed by atoms with Gasteiger partial charge in [-0.25, -0.2) is 8.42 Å². The second-order valence-electron chi connectivity index (χ2n) is 24.2. The third kappa shape index (κ3) is 21.1. The van der Waals surface area contributed by atoms with E-state index in [0.29, 0.717) is 44.2 Å². The fourth-order valence-corrected chi connectivity index (χ4v) is 13.0. The number of rotatable bonds is 40. The Kier molecular flexibility index (Phi) is 29.9. The van der Waals surface area contributed by atoms with E-state index in [4.69, 9.17) is 19.9 Å². The summed E-state index contributed by atoms with van der Waals surface area (Å²) < 4.78 is 45.2. The summed E-state index contributed by atoms with van der Waals surface area (Å²) in [6.45, 7) is 17.4. The van der Waals surface area contributed by atoms with Crippen molar-refractivity contribution in [3.63, 3.8) is 0 Å². The third-order valence-corrected chi connectivity index (χ3v) is 18.4. The lowest BCUT2D eigenvalue weighted by Gasteiger charge is -2.41. The Balaban J connectivity index is 1.71. The normalized spacial score (nSPS) is 18.0. The molecule has 0 saturated carbocycles. The lowest BCUT2D eigenvalue weighted by Crippen LogP contribution is -2.54. The van der Waals surface area contributed by atoms with Crippen molar-refractivity contribution in [1.29, 1.82) is 0 Å². The highest BCUT2D eigenvalue weighted by Crippen LogP contribution is 2.32. The summed E-state index contributed by atoms with van der Waals surface area (Å²) >= 11 is 0. The Labute approximate surface area is 499 Å². The number of primary amides is 1. The number of likely N-dealkylation sites (N-methyl/N-ethyl adjacent to an activating group) is 2. The van der Waals surface area contributed by atoms with Crippen molar-refractivity contribution < 1.29 is 70.6 Å². The number of ketones is 4. The van der Waals surface area contributed by atoms with Gasteiger partial charge >= 0.3 is 0 Å². The highest BCUT2D eigenvalue weighted by Gasteiger charge is 2.44. The number of sulfone groups is 1. The Morgan fingerprint density at radius 1 is 0.762 bits per heavy atom. The largest absolute Gasteiger partial charge is 0.379 e. The Bertz CT molecular complexity index is 2540. The van der Waals surface area contributed by atoms with Gasteiger partial charge in [-0.05, 0) is 81.1 Å². The van der Waals surface area contributed by atoms with E-state index in [9.17, 15) is 56.4 Å². The van der Waals surface area contributed by atoms with Gasteiger partial charge in [-0.3, -0.25) is 57.7 Å². The maximum atomic E-state index is 14.5. The number of benzene rings is 1. The van der Waals surface area contributed by atoms with Gasteiger partial charge in [-0.2, -0.15) is 0 Å². The molecule has 1 aromatic carbocycles. The summed E-state index contributed by atoms with van der Waals surface area (Å²) in [4.78, 5) is 138. The monoisotopic (exact) mass is 1200 g/mol. The number of carbonyl (C=O) groups is 10. The molecule has 3 rings (SSSR count). The zero-order chi connectivity index (χ0) is 63.3. The number of methoxy groups -OCH3 is 2. The summed E-state index contributed by atoms with van der Waals surface area (Å²) in [5.41, 5.74) is 5.77. The molecule has 22 heteroatoms. The maximum Gasteiger partial charge on any atom is 0.253 e. The molecule has 10 atom stereocenters. The summed E-state index contributed by atoms with van der Waals surface area (Å²) in [6, 6.07) is 3.10. The molecule has 0 bridgehead atoms. The number of likely N-dealkylation sites (tertiary alicyclic amines) is 1. The zero-order valence-electron chi connectivity index (χ0n) is 52.4. The molecule has 1 aromatic rings. The number of carbonyl (C=O) groups excluding carboxylic acids is 10. The van der Waals surface area contributed by atoms with Crippen LogP contribution in [0.5, 0.6) is 0 Å². The second kappa shape index (κ2) is 34.6. The van der Waals surface area contributed by atoms with E-state index < -0.39 is 98.9 Å². The number of imide groups is 1. The van der Waals surface area contributed by atoms with Crippen LogP contribution in [0.2, 0.25) is 0 Å². The molecule has 6 amide bonds. The number of nitrogens with zero attached hydrogens (tertiary/aromatic N) is 4. The van der Waals surface area contributed by atoms with Gasteiger partial charge in [-0.15, -0.1) is 0 Å². The number of ether oxygens (including phenoxy) is 3. The van der Waals surface area contributed by atoms with Crippen molar-refractivity contribution in [3.8, 4) is 0 Å². The summed E-state index contributed by atoms with van der Waals surface area (Å²) in [7, 11) is 4.14. The van der Waals surface area contributed by atoms with Crippen molar-refractivity contribution in [2.45, 2.75) is 181 Å². The molecule has 2 aliphatic heterocycles. The number of nitrogens with two attached hydrogens (primary N) is 1. The average Bonchev–Trinajstić information content (AvgIpc) is 2.60. The van der Waals surface area contributed by atoms with Crippen molar-refractivity contribution in [2.75, 3.05) is 67.4 Å². The molecule has 472 valence electrons. The molecule has 2 aliphatic rings. The molecule has 1 saturated heterocycles. The van der Waals surface area contributed by atoms with E-state index in [1.165, 1.54) is 50.6 Å². The summed E-state index contributed by atoms with van der Waals surface area (Å²) in [5, 5.41) is 2.83. The first-order chi connectivity index (χ1) is 39.4. The molecule has 0 aliphatic carbocycles. The van der Waals surface area contributed by atoms with E-state index in [2.05, 4.69) is 5.32 Å². The van der Waals surface area contributed by atoms with E-state index in [1.807, 2.05) is 60.5 Å². The van der Waals surface area contributed by atoms with Crippen LogP contribution in [-0.4, -0.2) is 190 Å². The topological polar surface area (TPSA) is 284 Å². The van der Waals surface area contributed by atoms with E-state index in [-0.39, 0.29) is 123 Å². The van der Waals surface area contributed by atoms with Crippen LogP contribution in [0.25, 0.3) is 0 Å². The number of hydrogen-bond acceptors (Lipinski definition) is 16. The quantitative estimate of drug-likeness (QED) is 0.0648. The smallest absolute Gasteiger partial charge is 0.253 e. The number of unbranched alkanes of at least 4 members (excludes halogenated alkanes) is 1. The van der Waals surface area contributed by atoms with Crippen LogP contribution in [0.15, 0.2) is 41.3 Å². The predicted molar refractivity (Wildman–Crippen MR) is 317 cm³/mol. The van der Waals surface area contributed by atoms with Crippen LogP contribution in [-0.2, 0) is 78.4 Å². The Hall–Kier alpha value is -5.55. The lowest BCUT2D eigenvalue weighted by atomic mass is 9.83. The van der Waals surface area contributed by atoms with Crippen LogP contribution < -0.4 is 11.1 Å². The SMILES string of the molecule is CC[C@H](C)[C@@H]([C@@H](CC(=O)N1CCC[C@H]1[C@H](OC)[C@@H](C)C(=O)CS(=O)(=O)c1ccc(CC(=O)[C@H](CCCCC(N)=O)NC(=O)[C@@H](CC(=O)CCOCCN2C(=O)C=CC2=O)C(C)C)cc1)OC)N(C)C(=O)[C@@H](CC(=O)[C@H](C(C)C)N(C)C)C(C)C. The number of amides is 6. The molecular weight excluding hydrogens is 1100 g/mol. The van der Waals surface area contributed by atoms with Gasteiger partial charge in [0.2, 0.25) is 23.6 Å². The van der Waals surface area contributed by atoms with Crippen LogP contribution in [0.3, 0.4) is 0 Å². The molecule has 3 N–H and O–H groups in total. The van der Waals surface area contributed by atoms with Crippen LogP contribution in [0, 0.1) is 41.4 Å². The van der Waals surface area contributed by atoms with Gasteiger partial charge < -0.3 is 35.1 Å².